The van der Waals surface area contributed by atoms with Crippen LogP contribution in [0.15, 0.2) is 6.07 Å². The smallest absolute Gasteiger partial charge is 0.271 e. The number of aryl methyl sites for hydroxylation is 1. The Morgan fingerprint density at radius 3 is 2.83 bits per heavy atom. The first kappa shape index (κ1) is 12.6. The summed E-state index contributed by atoms with van der Waals surface area (Å²) in [4.78, 5) is 23.3. The molecule has 1 aromatic rings. The minimum atomic E-state index is -0.209. The molecule has 1 fully saturated rings. The molecule has 18 heavy (non-hydrogen) atoms. The maximum absolute atomic E-state index is 11.7. The number of carbonyl (C=O) groups excluding carboxylic acids is 2. The van der Waals surface area contributed by atoms with Gasteiger partial charge in [-0.1, -0.05) is 6.92 Å². The van der Waals surface area contributed by atoms with Gasteiger partial charge in [-0.15, -0.1) is 0 Å². The van der Waals surface area contributed by atoms with Gasteiger partial charge in [-0.05, 0) is 19.3 Å². The van der Waals surface area contributed by atoms with Gasteiger partial charge in [0.25, 0.3) is 5.91 Å². The fourth-order valence-electron chi connectivity index (χ4n) is 1.60. The largest absolute Gasteiger partial charge is 0.351 e. The van der Waals surface area contributed by atoms with Crippen LogP contribution in [-0.4, -0.2) is 28.1 Å². The van der Waals surface area contributed by atoms with E-state index in [1.165, 1.54) is 4.68 Å². The van der Waals surface area contributed by atoms with Gasteiger partial charge in [0.2, 0.25) is 5.91 Å². The van der Waals surface area contributed by atoms with Gasteiger partial charge < -0.3 is 10.6 Å². The number of amides is 2. The van der Waals surface area contributed by atoms with Crippen LogP contribution in [-0.2, 0) is 11.8 Å². The van der Waals surface area contributed by atoms with Gasteiger partial charge in [-0.25, -0.2) is 0 Å². The molecular weight excluding hydrogens is 232 g/mol. The van der Waals surface area contributed by atoms with Crippen molar-refractivity contribution in [2.75, 3.05) is 11.9 Å². The van der Waals surface area contributed by atoms with Gasteiger partial charge in [0.05, 0.1) is 0 Å². The summed E-state index contributed by atoms with van der Waals surface area (Å²) in [5.41, 5.74) is 0.331. The van der Waals surface area contributed by atoms with E-state index in [1.807, 2.05) is 6.92 Å². The number of anilines is 1. The highest BCUT2D eigenvalue weighted by Gasteiger charge is 2.30. The first-order valence-electron chi connectivity index (χ1n) is 6.25. The zero-order chi connectivity index (χ0) is 13.1. The number of hydrogen-bond acceptors (Lipinski definition) is 3. The van der Waals surface area contributed by atoms with Gasteiger partial charge in [0, 0.05) is 25.6 Å². The second-order valence-electron chi connectivity index (χ2n) is 4.56. The molecule has 0 aromatic carbocycles. The van der Waals surface area contributed by atoms with Crippen molar-refractivity contribution < 1.29 is 9.59 Å². The predicted octanol–water partition coefficient (Wildman–Crippen LogP) is 0.908. The van der Waals surface area contributed by atoms with Crippen LogP contribution in [0.1, 0.15) is 36.7 Å². The van der Waals surface area contributed by atoms with Gasteiger partial charge in [0.1, 0.15) is 5.82 Å². The maximum Gasteiger partial charge on any atom is 0.271 e. The standard InChI is InChI=1S/C12H18N4O2/c1-3-6-13-12(18)9-7-10(16(2)15-9)14-11(17)8-4-5-8/h7-8H,3-6H2,1-2H3,(H,13,18)(H,14,17). The molecule has 98 valence electrons. The van der Waals surface area contributed by atoms with E-state index in [-0.39, 0.29) is 17.7 Å². The van der Waals surface area contributed by atoms with Crippen LogP contribution < -0.4 is 10.6 Å². The molecule has 1 aliphatic carbocycles. The second-order valence-corrected chi connectivity index (χ2v) is 4.56. The molecule has 0 bridgehead atoms. The molecule has 1 aliphatic rings. The molecule has 1 heterocycles. The highest BCUT2D eigenvalue weighted by Crippen LogP contribution is 2.30. The van der Waals surface area contributed by atoms with Crippen LogP contribution in [0, 0.1) is 5.92 Å². The zero-order valence-electron chi connectivity index (χ0n) is 10.7. The fourth-order valence-corrected chi connectivity index (χ4v) is 1.60. The summed E-state index contributed by atoms with van der Waals surface area (Å²) in [6, 6.07) is 1.60. The molecule has 0 aliphatic heterocycles. The minimum Gasteiger partial charge on any atom is -0.351 e. The molecule has 1 aromatic heterocycles. The molecule has 2 N–H and O–H groups in total. The molecule has 2 amide bonds. The molecule has 1 saturated carbocycles. The minimum absolute atomic E-state index is 0.0125. The van der Waals surface area contributed by atoms with Crippen LogP contribution >= 0.6 is 0 Å². The molecule has 0 atom stereocenters. The zero-order valence-corrected chi connectivity index (χ0v) is 10.7. The number of aromatic nitrogens is 2. The Morgan fingerprint density at radius 1 is 1.50 bits per heavy atom. The van der Waals surface area contributed by atoms with Crippen LogP contribution in [0.5, 0.6) is 0 Å². The lowest BCUT2D eigenvalue weighted by molar-refractivity contribution is -0.117. The van der Waals surface area contributed by atoms with E-state index in [1.54, 1.807) is 13.1 Å². The van der Waals surface area contributed by atoms with Crippen LogP contribution in [0.4, 0.5) is 5.82 Å². The SMILES string of the molecule is CCCNC(=O)c1cc(NC(=O)C2CC2)n(C)n1. The van der Waals surface area contributed by atoms with Crippen LogP contribution in [0.25, 0.3) is 0 Å². The molecule has 0 radical (unpaired) electrons. The van der Waals surface area contributed by atoms with E-state index in [0.717, 1.165) is 19.3 Å². The van der Waals surface area contributed by atoms with E-state index >= 15 is 0 Å². The van der Waals surface area contributed by atoms with Gasteiger partial charge >= 0.3 is 0 Å². The van der Waals surface area contributed by atoms with Crippen molar-refractivity contribution in [1.29, 1.82) is 0 Å². The lowest BCUT2D eigenvalue weighted by Crippen LogP contribution is -2.24. The van der Waals surface area contributed by atoms with Crippen molar-refractivity contribution in [3.63, 3.8) is 0 Å². The summed E-state index contributed by atoms with van der Waals surface area (Å²) in [7, 11) is 1.71. The van der Waals surface area contributed by atoms with Crippen LogP contribution in [0.3, 0.4) is 0 Å². The Hall–Kier alpha value is -1.85. The summed E-state index contributed by atoms with van der Waals surface area (Å²) >= 11 is 0. The summed E-state index contributed by atoms with van der Waals surface area (Å²) in [5.74, 6) is 0.503. The summed E-state index contributed by atoms with van der Waals surface area (Å²) in [6.07, 6.45) is 2.78. The molecule has 6 nitrogen and oxygen atoms in total. The van der Waals surface area contributed by atoms with E-state index in [9.17, 15) is 9.59 Å². The van der Waals surface area contributed by atoms with Crippen molar-refractivity contribution in [2.24, 2.45) is 13.0 Å². The van der Waals surface area contributed by atoms with Crippen molar-refractivity contribution in [2.45, 2.75) is 26.2 Å². The molecular formula is C12H18N4O2. The molecule has 0 saturated heterocycles. The van der Waals surface area contributed by atoms with Gasteiger partial charge in [0.15, 0.2) is 5.69 Å². The highest BCUT2D eigenvalue weighted by molar-refractivity contribution is 5.96. The first-order valence-corrected chi connectivity index (χ1v) is 6.25. The third-order valence-electron chi connectivity index (χ3n) is 2.85. The Morgan fingerprint density at radius 2 is 2.22 bits per heavy atom. The summed E-state index contributed by atoms with van der Waals surface area (Å²) in [6.45, 7) is 2.61. The van der Waals surface area contributed by atoms with Crippen molar-refractivity contribution >= 4 is 17.6 Å². The normalized spacial score (nSPS) is 14.3. The number of nitrogens with zero attached hydrogens (tertiary/aromatic N) is 2. The monoisotopic (exact) mass is 250 g/mol. The molecule has 2 rings (SSSR count). The quantitative estimate of drug-likeness (QED) is 0.815. The summed E-state index contributed by atoms with van der Waals surface area (Å²) < 4.78 is 1.52. The van der Waals surface area contributed by atoms with Gasteiger partial charge in [-0.3, -0.25) is 14.3 Å². The average molecular weight is 250 g/mol. The summed E-state index contributed by atoms with van der Waals surface area (Å²) in [5, 5.41) is 9.62. The fraction of sp³-hybridized carbons (Fsp3) is 0.583. The predicted molar refractivity (Wildman–Crippen MR) is 67.2 cm³/mol. The number of carbonyl (C=O) groups is 2. The first-order chi connectivity index (χ1) is 8.61. The molecule has 6 heteroatoms. The van der Waals surface area contributed by atoms with Crippen molar-refractivity contribution in [3.8, 4) is 0 Å². The van der Waals surface area contributed by atoms with Gasteiger partial charge in [-0.2, -0.15) is 5.10 Å². The topological polar surface area (TPSA) is 76.0 Å². The van der Waals surface area contributed by atoms with E-state index in [0.29, 0.717) is 18.1 Å². The average Bonchev–Trinajstić information content (AvgIpc) is 3.13. The third kappa shape index (κ3) is 2.88. The lowest BCUT2D eigenvalue weighted by atomic mass is 10.3. The van der Waals surface area contributed by atoms with Crippen molar-refractivity contribution in [1.82, 2.24) is 15.1 Å². The lowest BCUT2D eigenvalue weighted by Gasteiger charge is -2.02. The van der Waals surface area contributed by atoms with E-state index in [4.69, 9.17) is 0 Å². The van der Waals surface area contributed by atoms with Crippen molar-refractivity contribution in [3.05, 3.63) is 11.8 Å². The Balaban J connectivity index is 2.01. The highest BCUT2D eigenvalue weighted by atomic mass is 16.2. The molecule has 0 spiro atoms. The third-order valence-corrected chi connectivity index (χ3v) is 2.85. The Bertz CT molecular complexity index is 463. The van der Waals surface area contributed by atoms with E-state index < -0.39 is 0 Å². The Kier molecular flexibility index (Phi) is 3.64. The maximum atomic E-state index is 11.7. The Labute approximate surface area is 106 Å². The number of rotatable bonds is 5. The second kappa shape index (κ2) is 5.20. The van der Waals surface area contributed by atoms with E-state index in [2.05, 4.69) is 15.7 Å². The molecule has 0 unspecified atom stereocenters. The number of nitrogens with one attached hydrogen (secondary N) is 2. The van der Waals surface area contributed by atoms with Crippen LogP contribution in [0.2, 0.25) is 0 Å². The number of hydrogen-bond donors (Lipinski definition) is 2.